The standard InChI is InChI=1S/C18H24F3N3/c1-2-16(24-11-17(12-24)5-7-23-8-6-17)14-4-3-13(9-15(14)22)10-18(19,20)21/h2-4,9,23H,5-8,10-12,22H2,1H3/b16-2+. The molecule has 0 unspecified atom stereocenters. The highest BCUT2D eigenvalue weighted by molar-refractivity contribution is 5.75. The largest absolute Gasteiger partial charge is 0.398 e. The number of alkyl halides is 3. The van der Waals surface area contributed by atoms with Crippen molar-refractivity contribution in [2.24, 2.45) is 5.41 Å². The lowest BCUT2D eigenvalue weighted by Crippen LogP contribution is -2.58. The maximum Gasteiger partial charge on any atom is 0.393 e. The molecule has 1 aromatic rings. The van der Waals surface area contributed by atoms with Gasteiger partial charge in [-0.25, -0.2) is 0 Å². The van der Waals surface area contributed by atoms with Gasteiger partial charge in [-0.3, -0.25) is 0 Å². The van der Waals surface area contributed by atoms with Crippen LogP contribution in [0.2, 0.25) is 0 Å². The molecule has 0 amide bonds. The summed E-state index contributed by atoms with van der Waals surface area (Å²) in [6, 6.07) is 4.70. The number of piperidine rings is 1. The molecule has 2 heterocycles. The van der Waals surface area contributed by atoms with E-state index < -0.39 is 12.6 Å². The molecule has 2 saturated heterocycles. The number of hydrogen-bond donors (Lipinski definition) is 2. The van der Waals surface area contributed by atoms with E-state index in [2.05, 4.69) is 10.2 Å². The van der Waals surface area contributed by atoms with Gasteiger partial charge in [0.25, 0.3) is 0 Å². The predicted molar refractivity (Wildman–Crippen MR) is 90.4 cm³/mol. The molecule has 0 aromatic heterocycles. The molecule has 3 nitrogen and oxygen atoms in total. The first kappa shape index (κ1) is 17.1. The molecular formula is C18H24F3N3. The fourth-order valence-corrected chi connectivity index (χ4v) is 3.90. The van der Waals surface area contributed by atoms with Crippen LogP contribution in [0.3, 0.4) is 0 Å². The van der Waals surface area contributed by atoms with E-state index in [9.17, 15) is 13.2 Å². The molecule has 24 heavy (non-hydrogen) atoms. The zero-order valence-corrected chi connectivity index (χ0v) is 13.9. The van der Waals surface area contributed by atoms with E-state index in [0.29, 0.717) is 11.1 Å². The molecule has 0 radical (unpaired) electrons. The lowest BCUT2D eigenvalue weighted by atomic mass is 9.72. The maximum absolute atomic E-state index is 12.5. The molecule has 0 aliphatic carbocycles. The van der Waals surface area contributed by atoms with Gasteiger partial charge in [0.15, 0.2) is 0 Å². The summed E-state index contributed by atoms with van der Waals surface area (Å²) >= 11 is 0. The molecule has 0 bridgehead atoms. The van der Waals surface area contributed by atoms with Crippen molar-refractivity contribution < 1.29 is 13.2 Å². The second-order valence-electron chi connectivity index (χ2n) is 6.99. The smallest absolute Gasteiger partial charge is 0.393 e. The van der Waals surface area contributed by atoms with Crippen LogP contribution in [0.4, 0.5) is 18.9 Å². The number of nitrogens with zero attached hydrogens (tertiary/aromatic N) is 1. The number of rotatable bonds is 3. The van der Waals surface area contributed by atoms with E-state index in [4.69, 9.17) is 5.73 Å². The van der Waals surface area contributed by atoms with Crippen LogP contribution in [0.1, 0.15) is 30.9 Å². The van der Waals surface area contributed by atoms with Gasteiger partial charge in [-0.1, -0.05) is 18.2 Å². The Balaban J connectivity index is 1.73. The molecule has 3 N–H and O–H groups in total. The molecule has 1 spiro atoms. The number of nitrogens with two attached hydrogens (primary N) is 1. The van der Waals surface area contributed by atoms with E-state index in [-0.39, 0.29) is 5.56 Å². The zero-order chi connectivity index (χ0) is 17.4. The molecule has 3 rings (SSSR count). The molecular weight excluding hydrogens is 315 g/mol. The molecule has 2 aliphatic rings. The van der Waals surface area contributed by atoms with Gasteiger partial charge in [0, 0.05) is 35.5 Å². The van der Waals surface area contributed by atoms with Crippen LogP contribution >= 0.6 is 0 Å². The Morgan fingerprint density at radius 3 is 2.50 bits per heavy atom. The van der Waals surface area contributed by atoms with Gasteiger partial charge in [0.1, 0.15) is 0 Å². The van der Waals surface area contributed by atoms with E-state index in [1.807, 2.05) is 13.0 Å². The minimum absolute atomic E-state index is 0.206. The number of hydrogen-bond acceptors (Lipinski definition) is 3. The first-order valence-electron chi connectivity index (χ1n) is 8.39. The first-order chi connectivity index (χ1) is 11.3. The highest BCUT2D eigenvalue weighted by atomic mass is 19.4. The lowest BCUT2D eigenvalue weighted by Gasteiger charge is -2.54. The van der Waals surface area contributed by atoms with Crippen LogP contribution in [-0.2, 0) is 6.42 Å². The van der Waals surface area contributed by atoms with Crippen molar-refractivity contribution in [1.29, 1.82) is 0 Å². The molecule has 0 saturated carbocycles. The Bertz CT molecular complexity index is 623. The molecule has 6 heteroatoms. The highest BCUT2D eigenvalue weighted by Crippen LogP contribution is 2.43. The Morgan fingerprint density at radius 1 is 1.29 bits per heavy atom. The summed E-state index contributed by atoms with van der Waals surface area (Å²) in [6.45, 7) is 6.07. The van der Waals surface area contributed by atoms with Gasteiger partial charge < -0.3 is 16.0 Å². The number of anilines is 1. The fourth-order valence-electron chi connectivity index (χ4n) is 3.90. The fraction of sp³-hybridized carbons (Fsp3) is 0.556. The van der Waals surface area contributed by atoms with Crippen molar-refractivity contribution in [3.8, 4) is 0 Å². The summed E-state index contributed by atoms with van der Waals surface area (Å²) < 4.78 is 37.6. The van der Waals surface area contributed by atoms with Gasteiger partial charge in [0.2, 0.25) is 0 Å². The van der Waals surface area contributed by atoms with Crippen LogP contribution in [0.5, 0.6) is 0 Å². The number of allylic oxidation sites excluding steroid dienone is 1. The first-order valence-corrected chi connectivity index (χ1v) is 8.39. The molecule has 2 fully saturated rings. The second-order valence-corrected chi connectivity index (χ2v) is 6.99. The lowest BCUT2D eigenvalue weighted by molar-refractivity contribution is -0.127. The minimum atomic E-state index is -4.21. The van der Waals surface area contributed by atoms with Crippen LogP contribution in [0.25, 0.3) is 5.70 Å². The van der Waals surface area contributed by atoms with Crippen molar-refractivity contribution >= 4 is 11.4 Å². The normalized spacial score (nSPS) is 21.0. The average molecular weight is 339 g/mol. The third-order valence-corrected chi connectivity index (χ3v) is 5.13. The van der Waals surface area contributed by atoms with E-state index in [1.165, 1.54) is 25.0 Å². The maximum atomic E-state index is 12.5. The van der Waals surface area contributed by atoms with Crippen molar-refractivity contribution in [2.75, 3.05) is 31.9 Å². The summed E-state index contributed by atoms with van der Waals surface area (Å²) in [5.74, 6) is 0. The molecule has 132 valence electrons. The van der Waals surface area contributed by atoms with Crippen LogP contribution in [0.15, 0.2) is 24.3 Å². The van der Waals surface area contributed by atoms with Crippen molar-refractivity contribution in [1.82, 2.24) is 10.2 Å². The van der Waals surface area contributed by atoms with Gasteiger partial charge in [-0.05, 0) is 44.5 Å². The number of benzene rings is 1. The highest BCUT2D eigenvalue weighted by Gasteiger charge is 2.44. The van der Waals surface area contributed by atoms with E-state index in [0.717, 1.165) is 37.4 Å². The van der Waals surface area contributed by atoms with Crippen LogP contribution < -0.4 is 11.1 Å². The Kier molecular flexibility index (Phi) is 4.51. The molecule has 2 aliphatic heterocycles. The monoisotopic (exact) mass is 339 g/mol. The summed E-state index contributed by atoms with van der Waals surface area (Å²) in [4.78, 5) is 2.29. The van der Waals surface area contributed by atoms with Crippen LogP contribution in [0, 0.1) is 5.41 Å². The Hall–Kier alpha value is -1.69. The quantitative estimate of drug-likeness (QED) is 0.829. The Labute approximate surface area is 140 Å². The summed E-state index contributed by atoms with van der Waals surface area (Å²) in [5.41, 5.74) is 8.92. The SMILES string of the molecule is C/C=C(\c1ccc(CC(F)(F)F)cc1N)N1CC2(CCNCC2)C1. The third kappa shape index (κ3) is 3.53. The second kappa shape index (κ2) is 6.31. The van der Waals surface area contributed by atoms with Crippen LogP contribution in [-0.4, -0.2) is 37.3 Å². The van der Waals surface area contributed by atoms with Gasteiger partial charge in [0.05, 0.1) is 6.42 Å². The zero-order valence-electron chi connectivity index (χ0n) is 13.9. The van der Waals surface area contributed by atoms with Gasteiger partial charge in [-0.15, -0.1) is 0 Å². The van der Waals surface area contributed by atoms with E-state index in [1.54, 1.807) is 6.07 Å². The number of likely N-dealkylation sites (tertiary alicyclic amines) is 1. The third-order valence-electron chi connectivity index (χ3n) is 5.13. The van der Waals surface area contributed by atoms with Crippen molar-refractivity contribution in [3.63, 3.8) is 0 Å². The van der Waals surface area contributed by atoms with Gasteiger partial charge >= 0.3 is 6.18 Å². The summed E-state index contributed by atoms with van der Waals surface area (Å²) in [5, 5.41) is 3.39. The van der Waals surface area contributed by atoms with Crippen molar-refractivity contribution in [3.05, 3.63) is 35.4 Å². The predicted octanol–water partition coefficient (Wildman–Crippen LogP) is 3.42. The van der Waals surface area contributed by atoms with Crippen molar-refractivity contribution in [2.45, 2.75) is 32.4 Å². The van der Waals surface area contributed by atoms with Gasteiger partial charge in [-0.2, -0.15) is 13.2 Å². The number of nitrogen functional groups attached to an aromatic ring is 1. The summed E-state index contributed by atoms with van der Waals surface area (Å²) in [7, 11) is 0. The number of nitrogens with one attached hydrogen (secondary N) is 1. The molecule has 0 atom stereocenters. The average Bonchev–Trinajstić information content (AvgIpc) is 2.47. The summed E-state index contributed by atoms with van der Waals surface area (Å²) in [6.07, 6.45) is -0.789. The minimum Gasteiger partial charge on any atom is -0.398 e. The van der Waals surface area contributed by atoms with E-state index >= 15 is 0 Å². The molecule has 1 aromatic carbocycles. The topological polar surface area (TPSA) is 41.3 Å². The number of halogens is 3. The Morgan fingerprint density at radius 2 is 1.96 bits per heavy atom.